The Kier molecular flexibility index (Phi) is 7.35. The van der Waals surface area contributed by atoms with Crippen LogP contribution in [-0.2, 0) is 24.4 Å². The van der Waals surface area contributed by atoms with Crippen LogP contribution in [0, 0.1) is 6.92 Å². The third-order valence-corrected chi connectivity index (χ3v) is 6.43. The number of hydrogen-bond acceptors (Lipinski definition) is 8. The summed E-state index contributed by atoms with van der Waals surface area (Å²) in [5, 5.41) is 11.1. The number of carbonyl (C=O) groups is 2. The molecule has 4 aromatic rings. The van der Waals surface area contributed by atoms with Crippen LogP contribution >= 0.6 is 11.3 Å². The highest BCUT2D eigenvalue weighted by Gasteiger charge is 2.34. The van der Waals surface area contributed by atoms with Crippen LogP contribution in [0.25, 0.3) is 17.2 Å². The van der Waals surface area contributed by atoms with Gasteiger partial charge in [0.05, 0.1) is 23.6 Å². The largest absolute Gasteiger partial charge is 0.459 e. The SMILES string of the molecule is CCc1c(C)sc(NC(=O)c2ccn(-c3nc(-c4cnn(C)c4)cc(C(F)(F)F)n3)n2)c1C(=O)OC(C)C. The van der Waals surface area contributed by atoms with E-state index in [9.17, 15) is 22.8 Å². The summed E-state index contributed by atoms with van der Waals surface area (Å²) in [5.41, 5.74) is 0.109. The molecule has 4 rings (SSSR count). The van der Waals surface area contributed by atoms with Gasteiger partial charge in [0.15, 0.2) is 11.4 Å². The number of anilines is 1. The van der Waals surface area contributed by atoms with E-state index in [1.54, 1.807) is 20.9 Å². The maximum atomic E-state index is 13.6. The molecule has 0 aliphatic rings. The van der Waals surface area contributed by atoms with Crippen molar-refractivity contribution in [2.24, 2.45) is 7.05 Å². The molecular weight excluding hydrogens is 523 g/mol. The van der Waals surface area contributed by atoms with Crippen molar-refractivity contribution in [3.63, 3.8) is 0 Å². The number of ether oxygens (including phenoxy) is 1. The Morgan fingerprint density at radius 1 is 1.24 bits per heavy atom. The lowest BCUT2D eigenvalue weighted by atomic mass is 10.1. The molecule has 0 atom stereocenters. The molecule has 14 heteroatoms. The zero-order chi connectivity index (χ0) is 27.8. The predicted octanol–water partition coefficient (Wildman–Crippen LogP) is 4.83. The zero-order valence-corrected chi connectivity index (χ0v) is 21.9. The van der Waals surface area contributed by atoms with Crippen LogP contribution in [0.3, 0.4) is 0 Å². The van der Waals surface area contributed by atoms with Gasteiger partial charge in [-0.25, -0.2) is 19.4 Å². The first-order valence-electron chi connectivity index (χ1n) is 11.5. The van der Waals surface area contributed by atoms with Gasteiger partial charge < -0.3 is 10.1 Å². The first-order valence-corrected chi connectivity index (χ1v) is 12.3. The lowest BCUT2D eigenvalue weighted by Crippen LogP contribution is -2.18. The second-order valence-corrected chi connectivity index (χ2v) is 9.81. The number of nitrogens with zero attached hydrogens (tertiary/aromatic N) is 6. The minimum absolute atomic E-state index is 0.00797. The van der Waals surface area contributed by atoms with Gasteiger partial charge in [0.1, 0.15) is 5.00 Å². The van der Waals surface area contributed by atoms with E-state index in [1.165, 1.54) is 40.7 Å². The van der Waals surface area contributed by atoms with E-state index in [2.05, 4.69) is 25.5 Å². The molecule has 1 amide bonds. The zero-order valence-electron chi connectivity index (χ0n) is 21.1. The van der Waals surface area contributed by atoms with Gasteiger partial charge in [0.25, 0.3) is 11.9 Å². The number of carbonyl (C=O) groups excluding carboxylic acids is 2. The van der Waals surface area contributed by atoms with Gasteiger partial charge in [-0.05, 0) is 44.9 Å². The first kappa shape index (κ1) is 27.0. The van der Waals surface area contributed by atoms with Crippen LogP contribution in [0.5, 0.6) is 0 Å². The fourth-order valence-electron chi connectivity index (χ4n) is 3.69. The Labute approximate surface area is 219 Å². The summed E-state index contributed by atoms with van der Waals surface area (Å²) in [6.07, 6.45) is -0.357. The molecule has 10 nitrogen and oxygen atoms in total. The average Bonchev–Trinajstić information content (AvgIpc) is 3.56. The molecule has 0 bridgehead atoms. The highest BCUT2D eigenvalue weighted by atomic mass is 32.1. The number of aromatic nitrogens is 6. The second-order valence-electron chi connectivity index (χ2n) is 8.59. The van der Waals surface area contributed by atoms with E-state index >= 15 is 0 Å². The minimum atomic E-state index is -4.74. The van der Waals surface area contributed by atoms with Gasteiger partial charge in [-0.15, -0.1) is 11.3 Å². The van der Waals surface area contributed by atoms with E-state index in [1.807, 2.05) is 13.8 Å². The summed E-state index contributed by atoms with van der Waals surface area (Å²) >= 11 is 1.23. The molecule has 0 saturated carbocycles. The highest BCUT2D eigenvalue weighted by Crippen LogP contribution is 2.35. The van der Waals surface area contributed by atoms with Crippen molar-refractivity contribution in [2.75, 3.05) is 5.32 Å². The Morgan fingerprint density at radius 3 is 2.58 bits per heavy atom. The number of aryl methyl sites for hydroxylation is 2. The average molecular weight is 548 g/mol. The molecule has 0 unspecified atom stereocenters. The van der Waals surface area contributed by atoms with Gasteiger partial charge in [0.2, 0.25) is 0 Å². The number of hydrogen-bond donors (Lipinski definition) is 1. The van der Waals surface area contributed by atoms with E-state index in [-0.39, 0.29) is 29.0 Å². The van der Waals surface area contributed by atoms with Gasteiger partial charge >= 0.3 is 12.1 Å². The van der Waals surface area contributed by atoms with Crippen LogP contribution in [0.15, 0.2) is 30.7 Å². The van der Waals surface area contributed by atoms with Crippen molar-refractivity contribution in [1.29, 1.82) is 0 Å². The van der Waals surface area contributed by atoms with Crippen molar-refractivity contribution in [2.45, 2.75) is 46.4 Å². The molecular formula is C24H24F3N7O3S. The van der Waals surface area contributed by atoms with Crippen molar-refractivity contribution in [3.05, 3.63) is 58.1 Å². The van der Waals surface area contributed by atoms with Crippen molar-refractivity contribution < 1.29 is 27.5 Å². The topological polar surface area (TPSA) is 117 Å². The van der Waals surface area contributed by atoms with E-state index < -0.39 is 23.7 Å². The minimum Gasteiger partial charge on any atom is -0.459 e. The molecule has 200 valence electrons. The third-order valence-electron chi connectivity index (χ3n) is 5.37. The number of amides is 1. The molecule has 4 aromatic heterocycles. The predicted molar refractivity (Wildman–Crippen MR) is 133 cm³/mol. The Hall–Kier alpha value is -4.07. The number of esters is 1. The van der Waals surface area contributed by atoms with E-state index in [4.69, 9.17) is 4.74 Å². The van der Waals surface area contributed by atoms with Crippen molar-refractivity contribution >= 4 is 28.2 Å². The third kappa shape index (κ3) is 5.59. The normalized spacial score (nSPS) is 11.7. The van der Waals surface area contributed by atoms with Crippen LogP contribution in [-0.4, -0.2) is 47.5 Å². The van der Waals surface area contributed by atoms with Crippen molar-refractivity contribution in [1.82, 2.24) is 29.5 Å². The summed E-state index contributed by atoms with van der Waals surface area (Å²) in [6.45, 7) is 7.18. The molecule has 0 aliphatic carbocycles. The quantitative estimate of drug-likeness (QED) is 0.329. The lowest BCUT2D eigenvalue weighted by molar-refractivity contribution is -0.141. The standard InChI is InChI=1S/C24H24F3N7O3S/c1-6-15-13(4)38-21(19(15)22(36)37-12(2)3)31-20(35)16-7-8-34(32-16)23-29-17(14-10-28-33(5)11-14)9-18(30-23)24(25,26)27/h7-12H,6H2,1-5H3,(H,31,35). The fraction of sp³-hybridized carbons (Fsp3) is 0.333. The lowest BCUT2D eigenvalue weighted by Gasteiger charge is -2.11. The molecule has 38 heavy (non-hydrogen) atoms. The Balaban J connectivity index is 1.66. The molecule has 4 heterocycles. The van der Waals surface area contributed by atoms with Gasteiger partial charge in [0, 0.05) is 29.9 Å². The summed E-state index contributed by atoms with van der Waals surface area (Å²) < 4.78 is 48.5. The van der Waals surface area contributed by atoms with Gasteiger partial charge in [-0.1, -0.05) is 6.92 Å². The molecule has 0 aromatic carbocycles. The number of thiophene rings is 1. The Bertz CT molecular complexity index is 1500. The van der Waals surface area contributed by atoms with Crippen molar-refractivity contribution in [3.8, 4) is 17.2 Å². The number of rotatable bonds is 7. The molecule has 1 N–H and O–H groups in total. The maximum Gasteiger partial charge on any atom is 0.433 e. The maximum absolute atomic E-state index is 13.6. The number of alkyl halides is 3. The number of halogens is 3. The van der Waals surface area contributed by atoms with Crippen LogP contribution < -0.4 is 5.32 Å². The summed E-state index contributed by atoms with van der Waals surface area (Å²) in [4.78, 5) is 34.4. The molecule has 0 spiro atoms. The van der Waals surface area contributed by atoms with E-state index in [0.717, 1.165) is 21.2 Å². The molecule has 0 saturated heterocycles. The Morgan fingerprint density at radius 2 is 1.97 bits per heavy atom. The fourth-order valence-corrected chi connectivity index (χ4v) is 4.82. The molecule has 0 aliphatic heterocycles. The van der Waals surface area contributed by atoms with Crippen LogP contribution in [0.4, 0.5) is 18.2 Å². The monoisotopic (exact) mass is 547 g/mol. The van der Waals surface area contributed by atoms with E-state index in [0.29, 0.717) is 17.0 Å². The molecule has 0 radical (unpaired) electrons. The van der Waals surface area contributed by atoms with Crippen LogP contribution in [0.2, 0.25) is 0 Å². The summed E-state index contributed by atoms with van der Waals surface area (Å²) in [5.74, 6) is -1.59. The smallest absolute Gasteiger partial charge is 0.433 e. The second kappa shape index (κ2) is 10.4. The number of nitrogens with one attached hydrogen (secondary N) is 1. The first-order chi connectivity index (χ1) is 17.9. The highest BCUT2D eigenvalue weighted by molar-refractivity contribution is 7.16. The summed E-state index contributed by atoms with van der Waals surface area (Å²) in [6, 6.07) is 2.13. The van der Waals surface area contributed by atoms with Gasteiger partial charge in [-0.2, -0.15) is 23.4 Å². The molecule has 0 fully saturated rings. The van der Waals surface area contributed by atoms with Gasteiger partial charge in [-0.3, -0.25) is 9.48 Å². The summed E-state index contributed by atoms with van der Waals surface area (Å²) in [7, 11) is 1.63. The van der Waals surface area contributed by atoms with Crippen LogP contribution in [0.1, 0.15) is 57.8 Å².